The van der Waals surface area contributed by atoms with Crippen LogP contribution in [0.4, 0.5) is 0 Å². The van der Waals surface area contributed by atoms with E-state index in [-0.39, 0.29) is 11.3 Å². The largest absolute Gasteiger partial charge is 0.507 e. The summed E-state index contributed by atoms with van der Waals surface area (Å²) in [6.07, 6.45) is 0. The van der Waals surface area contributed by atoms with E-state index in [0.717, 1.165) is 0 Å². The summed E-state index contributed by atoms with van der Waals surface area (Å²) in [6, 6.07) is 9.49. The average Bonchev–Trinajstić information content (AvgIpc) is 3.06. The van der Waals surface area contributed by atoms with Gasteiger partial charge in [0.25, 0.3) is 11.7 Å². The van der Waals surface area contributed by atoms with Crippen LogP contribution in [0.25, 0.3) is 5.76 Å². The fourth-order valence-electron chi connectivity index (χ4n) is 3.97. The minimum absolute atomic E-state index is 0.0126. The van der Waals surface area contributed by atoms with E-state index in [1.54, 1.807) is 50.4 Å². The first-order valence-electron chi connectivity index (χ1n) is 10.5. The summed E-state index contributed by atoms with van der Waals surface area (Å²) in [6.45, 7) is 2.64. The molecule has 3 rings (SSSR count). The molecule has 1 aliphatic rings. The van der Waals surface area contributed by atoms with Crippen molar-refractivity contribution in [3.8, 4) is 17.2 Å². The van der Waals surface area contributed by atoms with Gasteiger partial charge in [0.2, 0.25) is 0 Å². The smallest absolute Gasteiger partial charge is 0.295 e. The maximum atomic E-state index is 13.2. The molecule has 0 spiro atoms. The van der Waals surface area contributed by atoms with Gasteiger partial charge in [0.05, 0.1) is 32.9 Å². The number of benzene rings is 2. The van der Waals surface area contributed by atoms with Crippen LogP contribution in [-0.2, 0) is 9.59 Å². The van der Waals surface area contributed by atoms with E-state index < -0.39 is 17.7 Å². The van der Waals surface area contributed by atoms with Crippen molar-refractivity contribution < 1.29 is 28.9 Å². The summed E-state index contributed by atoms with van der Waals surface area (Å²) < 4.78 is 16.2. The molecule has 1 N–H and O–H groups in total. The lowest BCUT2D eigenvalue weighted by atomic mass is 9.93. The Morgan fingerprint density at radius 1 is 1.00 bits per heavy atom. The van der Waals surface area contributed by atoms with Crippen LogP contribution in [0.5, 0.6) is 17.2 Å². The van der Waals surface area contributed by atoms with Crippen LogP contribution in [-0.4, -0.2) is 75.1 Å². The number of rotatable bonds is 8. The monoisotopic (exact) mass is 454 g/mol. The van der Waals surface area contributed by atoms with E-state index in [2.05, 4.69) is 0 Å². The number of methoxy groups -OCH3 is 3. The summed E-state index contributed by atoms with van der Waals surface area (Å²) in [4.78, 5) is 29.7. The number of carbonyl (C=O) groups excluding carboxylic acids is 2. The number of ether oxygens (including phenoxy) is 3. The van der Waals surface area contributed by atoms with Gasteiger partial charge in [0.15, 0.2) is 0 Å². The third kappa shape index (κ3) is 4.66. The van der Waals surface area contributed by atoms with E-state index in [9.17, 15) is 14.7 Å². The minimum Gasteiger partial charge on any atom is -0.507 e. The highest BCUT2D eigenvalue weighted by atomic mass is 16.5. The molecular weight excluding hydrogens is 424 g/mol. The summed E-state index contributed by atoms with van der Waals surface area (Å²) in [5, 5.41) is 11.3. The van der Waals surface area contributed by atoms with Crippen molar-refractivity contribution >= 4 is 17.4 Å². The van der Waals surface area contributed by atoms with E-state index >= 15 is 0 Å². The van der Waals surface area contributed by atoms with E-state index in [1.165, 1.54) is 19.1 Å². The van der Waals surface area contributed by atoms with Crippen LogP contribution in [0.2, 0.25) is 0 Å². The third-order valence-electron chi connectivity index (χ3n) is 5.75. The second-order valence-electron chi connectivity index (χ2n) is 8.08. The molecule has 8 heteroatoms. The summed E-state index contributed by atoms with van der Waals surface area (Å²) in [5.74, 6) is 0.00699. The molecule has 0 saturated carbocycles. The fraction of sp³-hybridized carbons (Fsp3) is 0.360. The molecule has 8 nitrogen and oxygen atoms in total. The quantitative estimate of drug-likeness (QED) is 0.373. The minimum atomic E-state index is -0.837. The predicted octanol–water partition coefficient (Wildman–Crippen LogP) is 3.00. The number of carbonyl (C=O) groups is 2. The first-order chi connectivity index (χ1) is 15.7. The van der Waals surface area contributed by atoms with Crippen LogP contribution in [0, 0.1) is 6.92 Å². The molecule has 0 bridgehead atoms. The molecule has 2 aromatic carbocycles. The number of hydrogen-bond donors (Lipinski definition) is 1. The number of likely N-dealkylation sites (N-methyl/N-ethyl adjacent to an activating group) is 1. The van der Waals surface area contributed by atoms with E-state index in [0.29, 0.717) is 47.0 Å². The molecule has 2 aromatic rings. The topological polar surface area (TPSA) is 88.5 Å². The number of nitrogens with zero attached hydrogens (tertiary/aromatic N) is 2. The zero-order valence-corrected chi connectivity index (χ0v) is 19.8. The number of aliphatic hydroxyl groups is 1. The number of likely N-dealkylation sites (tertiary alicyclic amines) is 1. The Labute approximate surface area is 194 Å². The molecule has 1 fully saturated rings. The van der Waals surface area contributed by atoms with Gasteiger partial charge in [-0.15, -0.1) is 0 Å². The molecule has 1 amide bonds. The zero-order chi connectivity index (χ0) is 24.3. The molecule has 0 unspecified atom stereocenters. The van der Waals surface area contributed by atoms with Crippen LogP contribution in [0.1, 0.15) is 22.7 Å². The molecule has 1 heterocycles. The third-order valence-corrected chi connectivity index (χ3v) is 5.75. The molecule has 176 valence electrons. The number of aliphatic hydroxyl groups excluding tert-OH is 1. The molecule has 1 atom stereocenters. The molecule has 0 aromatic heterocycles. The second-order valence-corrected chi connectivity index (χ2v) is 8.08. The highest BCUT2D eigenvalue weighted by molar-refractivity contribution is 6.46. The van der Waals surface area contributed by atoms with Crippen molar-refractivity contribution in [2.75, 3.05) is 48.5 Å². The van der Waals surface area contributed by atoms with Crippen molar-refractivity contribution in [2.24, 2.45) is 0 Å². The predicted molar refractivity (Wildman–Crippen MR) is 125 cm³/mol. The Hall–Kier alpha value is -3.52. The Balaban J connectivity index is 2.26. The Morgan fingerprint density at radius 3 is 2.21 bits per heavy atom. The lowest BCUT2D eigenvalue weighted by molar-refractivity contribution is -0.140. The highest BCUT2D eigenvalue weighted by Crippen LogP contribution is 2.44. The van der Waals surface area contributed by atoms with Crippen LogP contribution < -0.4 is 14.2 Å². The van der Waals surface area contributed by atoms with Gasteiger partial charge in [-0.3, -0.25) is 9.59 Å². The summed E-state index contributed by atoms with van der Waals surface area (Å²) in [5.41, 5.74) is 1.73. The lowest BCUT2D eigenvalue weighted by Crippen LogP contribution is -2.35. The lowest BCUT2D eigenvalue weighted by Gasteiger charge is -2.28. The van der Waals surface area contributed by atoms with Gasteiger partial charge in [-0.2, -0.15) is 0 Å². The van der Waals surface area contributed by atoms with Crippen molar-refractivity contribution in [1.82, 2.24) is 9.80 Å². The van der Waals surface area contributed by atoms with Gasteiger partial charge in [-0.1, -0.05) is 0 Å². The van der Waals surface area contributed by atoms with Gasteiger partial charge in [-0.05, 0) is 63.0 Å². The van der Waals surface area contributed by atoms with Crippen molar-refractivity contribution in [1.29, 1.82) is 0 Å². The zero-order valence-electron chi connectivity index (χ0n) is 19.8. The first-order valence-corrected chi connectivity index (χ1v) is 10.5. The summed E-state index contributed by atoms with van der Waals surface area (Å²) in [7, 11) is 8.39. The highest BCUT2D eigenvalue weighted by Gasteiger charge is 2.47. The standard InChI is InChI=1S/C25H30N2O6/c1-15-13-16(31-4)7-9-18(15)23(28)21-22(19-14-17(32-5)8-10-20(19)33-6)27(12-11-26(2)3)25(30)24(21)29/h7-10,13-14,22,28H,11-12H2,1-6H3/b23-21+/t22-/m0/s1. The molecular formula is C25H30N2O6. The van der Waals surface area contributed by atoms with Crippen molar-refractivity contribution in [3.05, 3.63) is 58.7 Å². The molecule has 0 aliphatic carbocycles. The Bertz CT molecular complexity index is 1090. The number of hydrogen-bond acceptors (Lipinski definition) is 7. The average molecular weight is 455 g/mol. The van der Waals surface area contributed by atoms with Gasteiger partial charge in [0, 0.05) is 24.2 Å². The maximum Gasteiger partial charge on any atom is 0.295 e. The maximum absolute atomic E-state index is 13.2. The first kappa shape index (κ1) is 24.1. The van der Waals surface area contributed by atoms with E-state index in [4.69, 9.17) is 14.2 Å². The normalized spacial score (nSPS) is 17.5. The van der Waals surface area contributed by atoms with E-state index in [1.807, 2.05) is 19.0 Å². The number of Topliss-reactive ketones (excluding diaryl/α,β-unsaturated/α-hetero) is 1. The number of amides is 1. The van der Waals surface area contributed by atoms with Crippen LogP contribution in [0.15, 0.2) is 42.0 Å². The van der Waals surface area contributed by atoms with Gasteiger partial charge in [0.1, 0.15) is 23.0 Å². The number of aryl methyl sites for hydroxylation is 1. The molecule has 33 heavy (non-hydrogen) atoms. The van der Waals surface area contributed by atoms with Gasteiger partial charge in [-0.25, -0.2) is 0 Å². The Morgan fingerprint density at radius 2 is 1.64 bits per heavy atom. The van der Waals surface area contributed by atoms with Crippen LogP contribution >= 0.6 is 0 Å². The molecule has 1 saturated heterocycles. The van der Waals surface area contributed by atoms with Gasteiger partial charge < -0.3 is 29.1 Å². The SMILES string of the molecule is COc1ccc(/C(O)=C2\C(=O)C(=O)N(CCN(C)C)[C@H]2c2cc(OC)ccc2OC)c(C)c1. The van der Waals surface area contributed by atoms with Crippen LogP contribution in [0.3, 0.4) is 0 Å². The fourth-order valence-corrected chi connectivity index (χ4v) is 3.97. The summed E-state index contributed by atoms with van der Waals surface area (Å²) >= 11 is 0. The molecule has 0 radical (unpaired) electrons. The Kier molecular flexibility index (Phi) is 7.28. The van der Waals surface area contributed by atoms with Crippen molar-refractivity contribution in [3.63, 3.8) is 0 Å². The second kappa shape index (κ2) is 9.95. The molecule has 1 aliphatic heterocycles. The van der Waals surface area contributed by atoms with Gasteiger partial charge >= 0.3 is 0 Å². The van der Waals surface area contributed by atoms with Crippen molar-refractivity contribution in [2.45, 2.75) is 13.0 Å². The number of ketones is 1.